The summed E-state index contributed by atoms with van der Waals surface area (Å²) in [7, 11) is 0. The molecule has 44 heavy (non-hydrogen) atoms. The highest BCUT2D eigenvalue weighted by molar-refractivity contribution is 5.45. The standard InChI is InChI=1S/C41H69NO2/c1-12-13-18-35(8)33-15-14-31-32(41(33)30(7)36(41,9)19-17-34(35)43-26-38(11,42)28(4)5)16-20-39-23-24-44-40(25-39,29(6)27(2)3)22-21-37(31,39)10/h16,23-24,27-31,33-34H,12-15,17-22,25-26,42H2,1-11H3/t29-,30?,31?,33?,34?,35+,36?,37?,38+,39-,40-,41?/m1/s1. The molecular weight excluding hydrogens is 538 g/mol. The second-order valence-electron chi connectivity index (χ2n) is 18.9. The topological polar surface area (TPSA) is 44.5 Å². The van der Waals surface area contributed by atoms with Gasteiger partial charge in [0, 0.05) is 16.4 Å². The molecule has 5 aliphatic carbocycles. The van der Waals surface area contributed by atoms with Crippen LogP contribution in [0.4, 0.5) is 0 Å². The largest absolute Gasteiger partial charge is 0.495 e. The van der Waals surface area contributed by atoms with Crippen LogP contribution in [0.15, 0.2) is 24.0 Å². The van der Waals surface area contributed by atoms with Crippen molar-refractivity contribution in [2.24, 2.45) is 68.3 Å². The van der Waals surface area contributed by atoms with Crippen molar-refractivity contribution in [3.63, 3.8) is 0 Å². The number of hydrogen-bond acceptors (Lipinski definition) is 3. The van der Waals surface area contributed by atoms with Gasteiger partial charge in [0.15, 0.2) is 0 Å². The first-order chi connectivity index (χ1) is 20.5. The van der Waals surface area contributed by atoms with Crippen LogP contribution in [-0.4, -0.2) is 23.9 Å². The Bertz CT molecular complexity index is 1170. The second-order valence-corrected chi connectivity index (χ2v) is 18.9. The lowest BCUT2D eigenvalue weighted by Gasteiger charge is -2.67. The van der Waals surface area contributed by atoms with Gasteiger partial charge in [-0.15, -0.1) is 0 Å². The Morgan fingerprint density at radius 2 is 1.75 bits per heavy atom. The minimum Gasteiger partial charge on any atom is -0.495 e. The van der Waals surface area contributed by atoms with Crippen LogP contribution in [0.1, 0.15) is 147 Å². The van der Waals surface area contributed by atoms with Crippen LogP contribution in [0, 0.1) is 62.6 Å². The Labute approximate surface area is 271 Å². The van der Waals surface area contributed by atoms with Gasteiger partial charge >= 0.3 is 0 Å². The molecule has 0 aromatic heterocycles. The summed E-state index contributed by atoms with van der Waals surface area (Å²) in [5.74, 6) is 3.74. The zero-order valence-electron chi connectivity index (χ0n) is 30.7. The first kappa shape index (κ1) is 33.1. The van der Waals surface area contributed by atoms with Gasteiger partial charge in [0.1, 0.15) is 5.60 Å². The Kier molecular flexibility index (Phi) is 7.98. The van der Waals surface area contributed by atoms with Crippen LogP contribution in [0.5, 0.6) is 0 Å². The van der Waals surface area contributed by atoms with E-state index in [0.29, 0.717) is 58.5 Å². The number of hydrogen-bond donors (Lipinski definition) is 1. The Morgan fingerprint density at radius 3 is 2.41 bits per heavy atom. The van der Waals surface area contributed by atoms with Crippen molar-refractivity contribution in [2.75, 3.05) is 6.61 Å². The van der Waals surface area contributed by atoms with E-state index in [9.17, 15) is 0 Å². The quantitative estimate of drug-likeness (QED) is 0.265. The molecule has 6 rings (SSSR count). The number of rotatable bonds is 9. The number of allylic oxidation sites excluding steroid dienone is 3. The maximum Gasteiger partial charge on any atom is 0.112 e. The van der Waals surface area contributed by atoms with Crippen molar-refractivity contribution in [3.05, 3.63) is 24.0 Å². The minimum atomic E-state index is -0.289. The number of fused-ring (bicyclic) bond motifs is 3. The maximum absolute atomic E-state index is 7.08. The van der Waals surface area contributed by atoms with Gasteiger partial charge in [-0.3, -0.25) is 0 Å². The van der Waals surface area contributed by atoms with Crippen LogP contribution in [0.25, 0.3) is 0 Å². The molecule has 0 saturated heterocycles. The van der Waals surface area contributed by atoms with Crippen molar-refractivity contribution in [1.29, 1.82) is 0 Å². The van der Waals surface area contributed by atoms with Crippen molar-refractivity contribution in [2.45, 2.75) is 164 Å². The number of nitrogens with two attached hydrogens (primary N) is 1. The van der Waals surface area contributed by atoms with Crippen molar-refractivity contribution in [3.8, 4) is 0 Å². The van der Waals surface area contributed by atoms with Gasteiger partial charge in [-0.25, -0.2) is 0 Å². The van der Waals surface area contributed by atoms with Crippen molar-refractivity contribution in [1.82, 2.24) is 0 Å². The highest BCUT2D eigenvalue weighted by Gasteiger charge is 2.81. The molecule has 4 fully saturated rings. The third-order valence-corrected chi connectivity index (χ3v) is 16.9. The molecule has 4 saturated carbocycles. The Hall–Kier alpha value is -0.800. The minimum absolute atomic E-state index is 0.00370. The summed E-state index contributed by atoms with van der Waals surface area (Å²) < 4.78 is 13.7. The highest BCUT2D eigenvalue weighted by atomic mass is 16.5. The summed E-state index contributed by atoms with van der Waals surface area (Å²) >= 11 is 0. The Morgan fingerprint density at radius 1 is 1.02 bits per heavy atom. The summed E-state index contributed by atoms with van der Waals surface area (Å²) in [5.41, 5.74) is 9.83. The molecule has 0 aromatic rings. The molecule has 2 N–H and O–H groups in total. The van der Waals surface area contributed by atoms with Crippen LogP contribution in [-0.2, 0) is 9.47 Å². The fraction of sp³-hybridized carbons (Fsp3) is 0.902. The van der Waals surface area contributed by atoms with E-state index in [1.165, 1.54) is 70.6 Å². The summed E-state index contributed by atoms with van der Waals surface area (Å²) in [6.45, 7) is 27.7. The zero-order valence-corrected chi connectivity index (χ0v) is 30.7. The molecule has 6 aliphatic rings. The number of ether oxygens (including phenoxy) is 2. The molecule has 12 atom stereocenters. The molecule has 3 nitrogen and oxygen atoms in total. The first-order valence-electron chi connectivity index (χ1n) is 19.0. The molecular formula is C41H69NO2. The van der Waals surface area contributed by atoms with Gasteiger partial charge in [-0.1, -0.05) is 93.7 Å². The molecule has 2 bridgehead atoms. The molecule has 0 amide bonds. The molecule has 1 heterocycles. The van der Waals surface area contributed by atoms with Gasteiger partial charge in [0.25, 0.3) is 0 Å². The van der Waals surface area contributed by atoms with Gasteiger partial charge in [-0.2, -0.15) is 0 Å². The SMILES string of the molecule is CCCC[C@]1(C)C(OC[C@](C)(N)C(C)C)CCC2(C)C(C)C23C2=CC[C@]45C=CO[C@]([C@H](C)C(C)C)(CCC4(C)C2CCC31)C5. The Balaban J connectivity index is 1.40. The van der Waals surface area contributed by atoms with E-state index >= 15 is 0 Å². The van der Waals surface area contributed by atoms with Gasteiger partial charge in [0.05, 0.1) is 19.0 Å². The van der Waals surface area contributed by atoms with Crippen LogP contribution in [0.3, 0.4) is 0 Å². The smallest absolute Gasteiger partial charge is 0.112 e. The summed E-state index contributed by atoms with van der Waals surface area (Å²) in [6, 6.07) is 0. The summed E-state index contributed by atoms with van der Waals surface area (Å²) in [4.78, 5) is 0. The van der Waals surface area contributed by atoms with E-state index in [1.807, 2.05) is 5.57 Å². The second kappa shape index (κ2) is 10.6. The molecule has 1 aliphatic heterocycles. The third-order valence-electron chi connectivity index (χ3n) is 16.9. The van der Waals surface area contributed by atoms with Crippen molar-refractivity contribution < 1.29 is 9.47 Å². The lowest BCUT2D eigenvalue weighted by atomic mass is 9.39. The monoisotopic (exact) mass is 608 g/mol. The molecule has 7 unspecified atom stereocenters. The van der Waals surface area contributed by atoms with Gasteiger partial charge in [0.2, 0.25) is 0 Å². The zero-order chi connectivity index (χ0) is 32.1. The summed E-state index contributed by atoms with van der Waals surface area (Å²) in [5, 5.41) is 0. The van der Waals surface area contributed by atoms with E-state index in [4.69, 9.17) is 15.2 Å². The van der Waals surface area contributed by atoms with E-state index in [0.717, 1.165) is 5.92 Å². The van der Waals surface area contributed by atoms with E-state index in [-0.39, 0.29) is 22.0 Å². The lowest BCUT2D eigenvalue weighted by molar-refractivity contribution is -0.176. The fourth-order valence-electron chi connectivity index (χ4n) is 12.8. The fourth-order valence-corrected chi connectivity index (χ4v) is 12.8. The molecule has 3 heteroatoms. The van der Waals surface area contributed by atoms with E-state index < -0.39 is 0 Å². The predicted molar refractivity (Wildman–Crippen MR) is 184 cm³/mol. The van der Waals surface area contributed by atoms with Crippen molar-refractivity contribution >= 4 is 0 Å². The lowest BCUT2D eigenvalue weighted by Crippen LogP contribution is -2.62. The van der Waals surface area contributed by atoms with E-state index in [2.05, 4.69) is 94.6 Å². The summed E-state index contributed by atoms with van der Waals surface area (Å²) in [6.07, 6.45) is 21.7. The van der Waals surface area contributed by atoms with Crippen LogP contribution < -0.4 is 5.73 Å². The van der Waals surface area contributed by atoms with Crippen LogP contribution in [0.2, 0.25) is 0 Å². The molecule has 250 valence electrons. The molecule has 0 aromatic carbocycles. The van der Waals surface area contributed by atoms with Gasteiger partial charge in [-0.05, 0) is 123 Å². The highest BCUT2D eigenvalue weighted by Crippen LogP contribution is 2.87. The maximum atomic E-state index is 7.08. The predicted octanol–water partition coefficient (Wildman–Crippen LogP) is 10.5. The third kappa shape index (κ3) is 4.18. The normalized spacial score (nSPS) is 49.5. The molecule has 0 radical (unpaired) electrons. The van der Waals surface area contributed by atoms with E-state index in [1.54, 1.807) is 0 Å². The average molecular weight is 608 g/mol. The molecule has 2 spiro atoms. The van der Waals surface area contributed by atoms with Crippen LogP contribution >= 0.6 is 0 Å². The first-order valence-corrected chi connectivity index (χ1v) is 19.0. The van der Waals surface area contributed by atoms with Gasteiger partial charge < -0.3 is 15.2 Å². The average Bonchev–Trinajstić information content (AvgIpc) is 3.47. The number of unbranched alkanes of at least 4 members (excludes halogenated alkanes) is 1.